The summed E-state index contributed by atoms with van der Waals surface area (Å²) in [6, 6.07) is 4.05. The molecule has 0 unspecified atom stereocenters. The molecule has 11 heavy (non-hydrogen) atoms. The maximum Gasteiger partial charge on any atom is 0.0648 e. The Hall–Kier alpha value is -0.760. The molecule has 0 aliphatic rings. The lowest BCUT2D eigenvalue weighted by atomic mass is 10.5. The smallest absolute Gasteiger partial charge is 0.0648 e. The molecule has 1 rings (SSSR count). The summed E-state index contributed by atoms with van der Waals surface area (Å²) in [6.45, 7) is 5.85. The number of nitrogens with zero attached hydrogens (tertiary/aromatic N) is 1. The number of rotatable bonds is 4. The van der Waals surface area contributed by atoms with E-state index in [9.17, 15) is 0 Å². The van der Waals surface area contributed by atoms with Crippen LogP contribution in [-0.2, 0) is 11.3 Å². The van der Waals surface area contributed by atoms with E-state index in [-0.39, 0.29) is 0 Å². The molecule has 1 aromatic heterocycles. The third kappa shape index (κ3) is 3.23. The van der Waals surface area contributed by atoms with Crippen molar-refractivity contribution in [3.8, 4) is 0 Å². The van der Waals surface area contributed by atoms with Gasteiger partial charge in [-0.3, -0.25) is 0 Å². The fourth-order valence-corrected chi connectivity index (χ4v) is 0.913. The third-order valence-electron chi connectivity index (χ3n) is 1.47. The Bertz CT molecular complexity index is 179. The Morgan fingerprint density at radius 1 is 1.27 bits per heavy atom. The molecule has 0 N–H and O–H groups in total. The van der Waals surface area contributed by atoms with Crippen LogP contribution in [0.5, 0.6) is 0 Å². The van der Waals surface area contributed by atoms with Gasteiger partial charge in [0, 0.05) is 18.9 Å². The van der Waals surface area contributed by atoms with Crippen molar-refractivity contribution < 1.29 is 4.74 Å². The van der Waals surface area contributed by atoms with Crippen LogP contribution in [0, 0.1) is 0 Å². The van der Waals surface area contributed by atoms with E-state index in [1.165, 1.54) is 0 Å². The second-order valence-corrected chi connectivity index (χ2v) is 2.84. The molecule has 0 saturated carbocycles. The Kier molecular flexibility index (Phi) is 3.17. The van der Waals surface area contributed by atoms with Gasteiger partial charge >= 0.3 is 0 Å². The molecule has 0 aliphatic heterocycles. The van der Waals surface area contributed by atoms with E-state index in [0.29, 0.717) is 6.10 Å². The SMILES string of the molecule is CC(C)OCCn1cccc1. The van der Waals surface area contributed by atoms with Crippen LogP contribution in [-0.4, -0.2) is 17.3 Å². The topological polar surface area (TPSA) is 14.2 Å². The molecule has 0 atom stereocenters. The summed E-state index contributed by atoms with van der Waals surface area (Å²) >= 11 is 0. The molecule has 0 amide bonds. The van der Waals surface area contributed by atoms with Crippen molar-refractivity contribution in [3.05, 3.63) is 24.5 Å². The summed E-state index contributed by atoms with van der Waals surface area (Å²) in [6.07, 6.45) is 4.43. The van der Waals surface area contributed by atoms with E-state index in [0.717, 1.165) is 13.2 Å². The molecule has 62 valence electrons. The number of hydrogen-bond donors (Lipinski definition) is 0. The van der Waals surface area contributed by atoms with E-state index in [4.69, 9.17) is 4.74 Å². The quantitative estimate of drug-likeness (QED) is 0.644. The zero-order chi connectivity index (χ0) is 8.10. The molecule has 0 fully saturated rings. The number of aromatic nitrogens is 1. The second kappa shape index (κ2) is 4.19. The normalized spacial score (nSPS) is 10.8. The monoisotopic (exact) mass is 153 g/mol. The Morgan fingerprint density at radius 3 is 2.45 bits per heavy atom. The van der Waals surface area contributed by atoms with E-state index in [2.05, 4.69) is 18.4 Å². The van der Waals surface area contributed by atoms with Gasteiger partial charge in [0.1, 0.15) is 0 Å². The van der Waals surface area contributed by atoms with Crippen LogP contribution in [0.2, 0.25) is 0 Å². The first-order valence-electron chi connectivity index (χ1n) is 4.01. The highest BCUT2D eigenvalue weighted by molar-refractivity contribution is 4.89. The van der Waals surface area contributed by atoms with E-state index < -0.39 is 0 Å². The largest absolute Gasteiger partial charge is 0.377 e. The molecule has 0 saturated heterocycles. The lowest BCUT2D eigenvalue weighted by Gasteiger charge is -2.07. The molecular formula is C9H15NO. The maximum atomic E-state index is 5.39. The third-order valence-corrected chi connectivity index (χ3v) is 1.47. The van der Waals surface area contributed by atoms with Gasteiger partial charge < -0.3 is 9.30 Å². The van der Waals surface area contributed by atoms with Crippen LogP contribution in [0.15, 0.2) is 24.5 Å². The summed E-state index contributed by atoms with van der Waals surface area (Å²) < 4.78 is 7.51. The highest BCUT2D eigenvalue weighted by Gasteiger charge is 1.92. The summed E-state index contributed by atoms with van der Waals surface area (Å²) in [5.74, 6) is 0. The first-order valence-corrected chi connectivity index (χ1v) is 4.01. The van der Waals surface area contributed by atoms with Crippen molar-refractivity contribution >= 4 is 0 Å². The van der Waals surface area contributed by atoms with Crippen LogP contribution in [0.25, 0.3) is 0 Å². The predicted octanol–water partition coefficient (Wildman–Crippen LogP) is 1.91. The van der Waals surface area contributed by atoms with Crippen molar-refractivity contribution in [2.45, 2.75) is 26.5 Å². The minimum Gasteiger partial charge on any atom is -0.377 e. The van der Waals surface area contributed by atoms with Crippen molar-refractivity contribution in [1.82, 2.24) is 4.57 Å². The lowest BCUT2D eigenvalue weighted by Crippen LogP contribution is -2.09. The zero-order valence-corrected chi connectivity index (χ0v) is 7.16. The highest BCUT2D eigenvalue weighted by Crippen LogP contribution is 1.92. The minimum absolute atomic E-state index is 0.338. The first kappa shape index (κ1) is 8.34. The van der Waals surface area contributed by atoms with Gasteiger partial charge in [-0.15, -0.1) is 0 Å². The average molecular weight is 153 g/mol. The summed E-state index contributed by atoms with van der Waals surface area (Å²) in [5, 5.41) is 0. The van der Waals surface area contributed by atoms with Crippen LogP contribution in [0.3, 0.4) is 0 Å². The Labute approximate surface area is 67.8 Å². The van der Waals surface area contributed by atoms with Gasteiger partial charge in [0.25, 0.3) is 0 Å². The molecule has 0 spiro atoms. The Morgan fingerprint density at radius 2 is 1.91 bits per heavy atom. The zero-order valence-electron chi connectivity index (χ0n) is 7.16. The molecule has 0 aliphatic carbocycles. The number of ether oxygens (including phenoxy) is 1. The molecule has 2 nitrogen and oxygen atoms in total. The molecule has 1 aromatic rings. The molecule has 0 bridgehead atoms. The van der Waals surface area contributed by atoms with Gasteiger partial charge in [0.15, 0.2) is 0 Å². The summed E-state index contributed by atoms with van der Waals surface area (Å²) in [7, 11) is 0. The van der Waals surface area contributed by atoms with Gasteiger partial charge in [0.2, 0.25) is 0 Å². The molecule has 1 heterocycles. The fraction of sp³-hybridized carbons (Fsp3) is 0.556. The molecule has 2 heteroatoms. The maximum absolute atomic E-state index is 5.39. The lowest BCUT2D eigenvalue weighted by molar-refractivity contribution is 0.0728. The van der Waals surface area contributed by atoms with Gasteiger partial charge in [-0.1, -0.05) is 0 Å². The average Bonchev–Trinajstić information content (AvgIpc) is 2.39. The second-order valence-electron chi connectivity index (χ2n) is 2.84. The fourth-order valence-electron chi connectivity index (χ4n) is 0.913. The highest BCUT2D eigenvalue weighted by atomic mass is 16.5. The van der Waals surface area contributed by atoms with E-state index in [1.54, 1.807) is 0 Å². The van der Waals surface area contributed by atoms with Gasteiger partial charge in [-0.2, -0.15) is 0 Å². The van der Waals surface area contributed by atoms with Crippen molar-refractivity contribution in [2.75, 3.05) is 6.61 Å². The van der Waals surface area contributed by atoms with Gasteiger partial charge in [0.05, 0.1) is 12.7 Å². The number of hydrogen-bond acceptors (Lipinski definition) is 1. The predicted molar refractivity (Wildman–Crippen MR) is 45.5 cm³/mol. The molecular weight excluding hydrogens is 138 g/mol. The van der Waals surface area contributed by atoms with Crippen LogP contribution in [0.1, 0.15) is 13.8 Å². The van der Waals surface area contributed by atoms with Crippen LogP contribution >= 0.6 is 0 Å². The van der Waals surface area contributed by atoms with Crippen LogP contribution < -0.4 is 0 Å². The first-order chi connectivity index (χ1) is 5.29. The molecule has 0 aromatic carbocycles. The standard InChI is InChI=1S/C9H15NO/c1-9(2)11-8-7-10-5-3-4-6-10/h3-6,9H,7-8H2,1-2H3. The van der Waals surface area contributed by atoms with E-state index >= 15 is 0 Å². The van der Waals surface area contributed by atoms with Gasteiger partial charge in [-0.25, -0.2) is 0 Å². The van der Waals surface area contributed by atoms with Crippen molar-refractivity contribution in [1.29, 1.82) is 0 Å². The van der Waals surface area contributed by atoms with Crippen molar-refractivity contribution in [2.24, 2.45) is 0 Å². The summed E-state index contributed by atoms with van der Waals surface area (Å²) in [5.41, 5.74) is 0. The van der Waals surface area contributed by atoms with Crippen molar-refractivity contribution in [3.63, 3.8) is 0 Å². The summed E-state index contributed by atoms with van der Waals surface area (Å²) in [4.78, 5) is 0. The molecule has 0 radical (unpaired) electrons. The van der Waals surface area contributed by atoms with Crippen LogP contribution in [0.4, 0.5) is 0 Å². The minimum atomic E-state index is 0.338. The Balaban J connectivity index is 2.14. The van der Waals surface area contributed by atoms with Gasteiger partial charge in [-0.05, 0) is 26.0 Å². The van der Waals surface area contributed by atoms with E-state index in [1.807, 2.05) is 24.5 Å².